The molecule has 8 amide bonds. The molecule has 0 radical (unpaired) electrons. The molecule has 10 atom stereocenters. The van der Waals surface area contributed by atoms with Crippen molar-refractivity contribution in [1.82, 2.24) is 42.1 Å². The van der Waals surface area contributed by atoms with Crippen molar-refractivity contribution in [2.75, 3.05) is 13.1 Å². The zero-order valence-corrected chi connectivity index (χ0v) is 42.6. The van der Waals surface area contributed by atoms with Gasteiger partial charge in [-0.15, -0.1) is 0 Å². The summed E-state index contributed by atoms with van der Waals surface area (Å²) >= 11 is 0. The summed E-state index contributed by atoms with van der Waals surface area (Å²) in [6.07, 6.45) is -1.41. The average Bonchev–Trinajstić information content (AvgIpc) is 4.07. The number of phosphoric acid groups is 1. The standard InChI is InChI=1S/C46H70N9O18P/c1-5-24(3)37(45(67)55-22-8-10-33(55)44(66)54-38(46(68)69)25(4)6-2)53-42(64)31(17-20-36(59)60)50-40(62)30(16-19-35(57)58)51-43(65)32(23-26-11-13-27(14-12-26)73-74(70,71)72)52-41(63)29(15-18-34(47)56)49-39(61)28-9-7-21-48-28/h11-14,24-25,28-33,37-38,48H,5-10,15-23H2,1-4H3,(H2,47,56)(H,49,61)(H,50,62)(H,51,65)(H,52,63)(H,53,64)(H,54,66)(H,57,58)(H,59,60)(H,68,69)(H2,70,71,72)/t24-,25-,28-,29-,30-,31-,32-,33-,37-,38-/m0/s1. The molecule has 14 N–H and O–H groups in total. The van der Waals surface area contributed by atoms with Crippen LogP contribution in [0.1, 0.15) is 110 Å². The fourth-order valence-electron chi connectivity index (χ4n) is 8.25. The maximum absolute atomic E-state index is 14.3. The minimum absolute atomic E-state index is 0.0727. The van der Waals surface area contributed by atoms with Gasteiger partial charge in [0.1, 0.15) is 48.0 Å². The number of hydrogen-bond acceptors (Lipinski definition) is 14. The van der Waals surface area contributed by atoms with Gasteiger partial charge in [-0.1, -0.05) is 52.7 Å². The Balaban J connectivity index is 1.97. The van der Waals surface area contributed by atoms with E-state index in [4.69, 9.17) is 5.73 Å². The number of likely N-dealkylation sites (tertiary alicyclic amines) is 1. The van der Waals surface area contributed by atoms with Gasteiger partial charge < -0.3 is 67.7 Å². The number of phosphoric ester groups is 1. The number of carbonyl (C=O) groups excluding carboxylic acids is 8. The van der Waals surface area contributed by atoms with Crippen LogP contribution in [-0.4, -0.2) is 157 Å². The first kappa shape index (κ1) is 61.6. The topological polar surface area (TPSA) is 429 Å². The molecule has 0 aromatic heterocycles. The molecule has 0 spiro atoms. The van der Waals surface area contributed by atoms with Crippen molar-refractivity contribution in [2.45, 2.75) is 160 Å². The Hall–Kier alpha value is -6.70. The van der Waals surface area contributed by atoms with Crippen LogP contribution in [0.2, 0.25) is 0 Å². The van der Waals surface area contributed by atoms with Crippen molar-refractivity contribution in [1.29, 1.82) is 0 Å². The van der Waals surface area contributed by atoms with Gasteiger partial charge in [0, 0.05) is 32.2 Å². The molecular weight excluding hydrogens is 998 g/mol. The highest BCUT2D eigenvalue weighted by Crippen LogP contribution is 2.37. The molecule has 0 saturated carbocycles. The molecule has 2 fully saturated rings. The minimum atomic E-state index is -4.99. The first-order chi connectivity index (χ1) is 34.7. The van der Waals surface area contributed by atoms with Crippen LogP contribution in [0.25, 0.3) is 0 Å². The number of carboxylic acids is 3. The van der Waals surface area contributed by atoms with Gasteiger partial charge in [-0.25, -0.2) is 9.36 Å². The summed E-state index contributed by atoms with van der Waals surface area (Å²) in [4.78, 5) is 165. The van der Waals surface area contributed by atoms with Crippen molar-refractivity contribution in [3.63, 3.8) is 0 Å². The summed E-state index contributed by atoms with van der Waals surface area (Å²) < 4.78 is 16.0. The van der Waals surface area contributed by atoms with Gasteiger partial charge in [-0.2, -0.15) is 0 Å². The highest BCUT2D eigenvalue weighted by molar-refractivity contribution is 7.46. The lowest BCUT2D eigenvalue weighted by Crippen LogP contribution is -2.61. The third kappa shape index (κ3) is 20.0. The van der Waals surface area contributed by atoms with Gasteiger partial charge in [-0.05, 0) is 81.0 Å². The van der Waals surface area contributed by atoms with E-state index < -0.39 is 165 Å². The molecule has 1 aromatic carbocycles. The summed E-state index contributed by atoms with van der Waals surface area (Å²) in [7, 11) is -4.99. The number of carboxylic acid groups (broad SMARTS) is 3. The van der Waals surface area contributed by atoms with Crippen LogP contribution < -0.4 is 47.5 Å². The summed E-state index contributed by atoms with van der Waals surface area (Å²) in [5.41, 5.74) is 5.58. The van der Waals surface area contributed by atoms with Crippen LogP contribution in [0.4, 0.5) is 0 Å². The van der Waals surface area contributed by atoms with E-state index in [0.29, 0.717) is 38.6 Å². The van der Waals surface area contributed by atoms with Gasteiger partial charge in [0.05, 0.1) is 6.04 Å². The Bertz CT molecular complexity index is 2240. The lowest BCUT2D eigenvalue weighted by atomic mass is 9.96. The molecule has 2 aliphatic rings. The predicted octanol–water partition coefficient (Wildman–Crippen LogP) is -1.48. The summed E-state index contributed by atoms with van der Waals surface area (Å²) in [5.74, 6) is -12.6. The van der Waals surface area contributed by atoms with Crippen LogP contribution in [0.15, 0.2) is 24.3 Å². The third-order valence-electron chi connectivity index (χ3n) is 12.9. The Kier molecular flexibility index (Phi) is 24.4. The Morgan fingerprint density at radius 2 is 1.18 bits per heavy atom. The first-order valence-electron chi connectivity index (χ1n) is 24.4. The molecule has 2 heterocycles. The summed E-state index contributed by atoms with van der Waals surface area (Å²) in [6.45, 7) is 7.34. The number of nitrogens with zero attached hydrogens (tertiary/aromatic N) is 1. The molecule has 412 valence electrons. The fraction of sp³-hybridized carbons (Fsp3) is 0.630. The number of nitrogens with one attached hydrogen (secondary N) is 7. The highest BCUT2D eigenvalue weighted by Gasteiger charge is 2.42. The van der Waals surface area contributed by atoms with Crippen LogP contribution in [0.3, 0.4) is 0 Å². The zero-order valence-electron chi connectivity index (χ0n) is 41.7. The van der Waals surface area contributed by atoms with E-state index in [-0.39, 0.29) is 37.1 Å². The Morgan fingerprint density at radius 3 is 1.66 bits per heavy atom. The van der Waals surface area contributed by atoms with Crippen LogP contribution in [0.5, 0.6) is 5.75 Å². The number of benzene rings is 1. The normalized spacial score (nSPS) is 18.6. The number of primary amides is 1. The van der Waals surface area contributed by atoms with E-state index in [1.807, 2.05) is 0 Å². The average molecular weight is 1070 g/mol. The summed E-state index contributed by atoms with van der Waals surface area (Å²) in [6, 6.07) is -6.17. The van der Waals surface area contributed by atoms with E-state index in [1.54, 1.807) is 27.7 Å². The van der Waals surface area contributed by atoms with E-state index >= 15 is 0 Å². The van der Waals surface area contributed by atoms with Crippen molar-refractivity contribution in [3.05, 3.63) is 29.8 Å². The second kappa shape index (κ2) is 29.3. The first-order valence-corrected chi connectivity index (χ1v) is 25.9. The lowest BCUT2D eigenvalue weighted by molar-refractivity contribution is -0.146. The zero-order chi connectivity index (χ0) is 55.4. The highest BCUT2D eigenvalue weighted by atomic mass is 31.2. The quantitative estimate of drug-likeness (QED) is 0.0377. The van der Waals surface area contributed by atoms with Crippen molar-refractivity contribution in [2.24, 2.45) is 17.6 Å². The molecule has 28 heteroatoms. The Morgan fingerprint density at radius 1 is 0.676 bits per heavy atom. The van der Waals surface area contributed by atoms with Crippen molar-refractivity contribution >= 4 is 73.0 Å². The maximum atomic E-state index is 14.3. The summed E-state index contributed by atoms with van der Waals surface area (Å²) in [5, 5.41) is 46.9. The number of nitrogens with two attached hydrogens (primary N) is 1. The molecule has 1 aromatic rings. The van der Waals surface area contributed by atoms with E-state index in [0.717, 1.165) is 12.1 Å². The van der Waals surface area contributed by atoms with Crippen LogP contribution in [-0.2, 0) is 63.7 Å². The van der Waals surface area contributed by atoms with E-state index in [1.165, 1.54) is 17.0 Å². The largest absolute Gasteiger partial charge is 0.524 e. The van der Waals surface area contributed by atoms with E-state index in [2.05, 4.69) is 41.7 Å². The van der Waals surface area contributed by atoms with Crippen LogP contribution in [0, 0.1) is 11.8 Å². The second-order valence-corrected chi connectivity index (χ2v) is 19.6. The third-order valence-corrected chi connectivity index (χ3v) is 13.3. The fourth-order valence-corrected chi connectivity index (χ4v) is 8.64. The molecule has 2 aliphatic heterocycles. The number of carbonyl (C=O) groups is 11. The molecule has 74 heavy (non-hydrogen) atoms. The van der Waals surface area contributed by atoms with Crippen molar-refractivity contribution in [3.8, 4) is 5.75 Å². The molecular formula is C46H70N9O18P. The number of amides is 8. The molecule has 2 saturated heterocycles. The van der Waals surface area contributed by atoms with Gasteiger partial charge in [0.2, 0.25) is 47.3 Å². The number of aliphatic carboxylic acids is 3. The number of hydrogen-bond donors (Lipinski definition) is 13. The SMILES string of the molecule is CC[C@H](C)[C@H](NC(=O)[C@@H]1CCCN1C(=O)[C@@H](NC(=O)[C@H](CCC(=O)O)NC(=O)[C@H](CCC(=O)O)NC(=O)[C@H](Cc1ccc(OP(=O)(O)O)cc1)NC(=O)[C@H](CCC(N)=O)NC(=O)[C@@H]1CCCN1)[C@@H](C)CC)C(=O)O. The minimum Gasteiger partial charge on any atom is -0.481 e. The van der Waals surface area contributed by atoms with Gasteiger partial charge in [0.25, 0.3) is 0 Å². The van der Waals surface area contributed by atoms with Gasteiger partial charge in [-0.3, -0.25) is 57.7 Å². The molecule has 0 bridgehead atoms. The van der Waals surface area contributed by atoms with Crippen LogP contribution >= 0.6 is 7.82 Å². The number of rotatable bonds is 31. The molecule has 0 aliphatic carbocycles. The lowest BCUT2D eigenvalue weighted by Gasteiger charge is -2.33. The monoisotopic (exact) mass is 1070 g/mol. The van der Waals surface area contributed by atoms with Gasteiger partial charge >= 0.3 is 25.7 Å². The smallest absolute Gasteiger partial charge is 0.481 e. The van der Waals surface area contributed by atoms with Crippen molar-refractivity contribution < 1.29 is 86.9 Å². The maximum Gasteiger partial charge on any atom is 0.524 e. The second-order valence-electron chi connectivity index (χ2n) is 18.5. The predicted molar refractivity (Wildman–Crippen MR) is 259 cm³/mol. The molecule has 27 nitrogen and oxygen atoms in total. The molecule has 0 unspecified atom stereocenters. The van der Waals surface area contributed by atoms with E-state index in [9.17, 15) is 82.4 Å². The van der Waals surface area contributed by atoms with Gasteiger partial charge in [0.15, 0.2) is 0 Å². The molecule has 3 rings (SSSR count). The Labute approximate surface area is 426 Å².